The lowest BCUT2D eigenvalue weighted by Gasteiger charge is -2.35. The SMILES string of the molecule is CC(C)C(=O)CN(C)C1CCCN(C)C1. The van der Waals surface area contributed by atoms with Gasteiger partial charge in [0.25, 0.3) is 0 Å². The van der Waals surface area contributed by atoms with E-state index in [1.807, 2.05) is 13.8 Å². The molecule has 0 saturated carbocycles. The summed E-state index contributed by atoms with van der Waals surface area (Å²) in [5.41, 5.74) is 0. The lowest BCUT2D eigenvalue weighted by atomic mass is 10.0. The zero-order valence-corrected chi connectivity index (χ0v) is 10.5. The Kier molecular flexibility index (Phi) is 4.74. The van der Waals surface area contributed by atoms with Gasteiger partial charge in [0.2, 0.25) is 0 Å². The minimum absolute atomic E-state index is 0.161. The molecule has 1 fully saturated rings. The van der Waals surface area contributed by atoms with Crippen LogP contribution in [0.5, 0.6) is 0 Å². The molecule has 88 valence electrons. The number of likely N-dealkylation sites (tertiary alicyclic amines) is 1. The molecule has 1 saturated heterocycles. The topological polar surface area (TPSA) is 23.6 Å². The Morgan fingerprint density at radius 1 is 1.53 bits per heavy atom. The summed E-state index contributed by atoms with van der Waals surface area (Å²) in [5.74, 6) is 0.513. The molecule has 0 spiro atoms. The molecule has 3 heteroatoms. The van der Waals surface area contributed by atoms with Crippen LogP contribution < -0.4 is 0 Å². The number of carbonyl (C=O) groups is 1. The molecule has 1 aliphatic rings. The third-order valence-corrected chi connectivity index (χ3v) is 3.27. The number of hydrogen-bond donors (Lipinski definition) is 0. The zero-order chi connectivity index (χ0) is 11.4. The number of rotatable bonds is 4. The van der Waals surface area contributed by atoms with Crippen molar-refractivity contribution >= 4 is 5.78 Å². The van der Waals surface area contributed by atoms with E-state index in [1.54, 1.807) is 0 Å². The smallest absolute Gasteiger partial charge is 0.149 e. The summed E-state index contributed by atoms with van der Waals surface area (Å²) in [6, 6.07) is 0.562. The first-order chi connectivity index (χ1) is 7.00. The van der Waals surface area contributed by atoms with Crippen molar-refractivity contribution in [1.82, 2.24) is 9.80 Å². The molecule has 0 amide bonds. The van der Waals surface area contributed by atoms with Crippen LogP contribution in [0.2, 0.25) is 0 Å². The molecule has 0 aromatic rings. The van der Waals surface area contributed by atoms with Gasteiger partial charge in [-0.3, -0.25) is 9.69 Å². The van der Waals surface area contributed by atoms with Crippen molar-refractivity contribution < 1.29 is 4.79 Å². The molecule has 1 atom stereocenters. The molecule has 1 heterocycles. The summed E-state index contributed by atoms with van der Waals surface area (Å²) < 4.78 is 0. The van der Waals surface area contributed by atoms with Crippen LogP contribution in [-0.4, -0.2) is 55.4 Å². The van der Waals surface area contributed by atoms with Gasteiger partial charge in [-0.15, -0.1) is 0 Å². The van der Waals surface area contributed by atoms with E-state index in [4.69, 9.17) is 0 Å². The highest BCUT2D eigenvalue weighted by atomic mass is 16.1. The molecule has 0 aromatic heterocycles. The molecule has 3 nitrogen and oxygen atoms in total. The van der Waals surface area contributed by atoms with Crippen LogP contribution in [0.4, 0.5) is 0 Å². The molecular weight excluding hydrogens is 188 g/mol. The largest absolute Gasteiger partial charge is 0.305 e. The number of piperidine rings is 1. The first kappa shape index (κ1) is 12.7. The second-order valence-electron chi connectivity index (χ2n) is 5.09. The fourth-order valence-corrected chi connectivity index (χ4v) is 2.06. The van der Waals surface area contributed by atoms with Gasteiger partial charge in [-0.05, 0) is 33.5 Å². The highest BCUT2D eigenvalue weighted by molar-refractivity contribution is 5.82. The summed E-state index contributed by atoms with van der Waals surface area (Å²) in [6.07, 6.45) is 2.48. The van der Waals surface area contributed by atoms with Crippen LogP contribution in [0.1, 0.15) is 26.7 Å². The Hall–Kier alpha value is -0.410. The number of Topliss-reactive ketones (excluding diaryl/α,β-unsaturated/α-hetero) is 1. The van der Waals surface area contributed by atoms with Crippen molar-refractivity contribution in [1.29, 1.82) is 0 Å². The number of likely N-dealkylation sites (N-methyl/N-ethyl adjacent to an activating group) is 2. The third-order valence-electron chi connectivity index (χ3n) is 3.27. The maximum atomic E-state index is 11.6. The second-order valence-corrected chi connectivity index (χ2v) is 5.09. The summed E-state index contributed by atoms with van der Waals surface area (Å²) in [5, 5.41) is 0. The molecule has 0 bridgehead atoms. The van der Waals surface area contributed by atoms with Crippen LogP contribution in [0.3, 0.4) is 0 Å². The van der Waals surface area contributed by atoms with Crippen molar-refractivity contribution in [3.8, 4) is 0 Å². The monoisotopic (exact) mass is 212 g/mol. The van der Waals surface area contributed by atoms with Gasteiger partial charge in [-0.25, -0.2) is 0 Å². The van der Waals surface area contributed by atoms with E-state index in [0.717, 1.165) is 6.54 Å². The van der Waals surface area contributed by atoms with Crippen LogP contribution >= 0.6 is 0 Å². The van der Waals surface area contributed by atoms with Gasteiger partial charge >= 0.3 is 0 Å². The highest BCUT2D eigenvalue weighted by Gasteiger charge is 2.22. The summed E-state index contributed by atoms with van der Waals surface area (Å²) in [4.78, 5) is 16.2. The standard InChI is InChI=1S/C12H24N2O/c1-10(2)12(15)9-14(4)11-6-5-7-13(3)8-11/h10-11H,5-9H2,1-4H3. The Bertz CT molecular complexity index is 216. The van der Waals surface area contributed by atoms with E-state index >= 15 is 0 Å². The van der Waals surface area contributed by atoms with Crippen LogP contribution in [0, 0.1) is 5.92 Å². The molecule has 1 aliphatic heterocycles. The van der Waals surface area contributed by atoms with Crippen molar-refractivity contribution in [2.45, 2.75) is 32.7 Å². The number of carbonyl (C=O) groups excluding carboxylic acids is 1. The quantitative estimate of drug-likeness (QED) is 0.700. The third kappa shape index (κ3) is 3.92. The fraction of sp³-hybridized carbons (Fsp3) is 0.917. The van der Waals surface area contributed by atoms with E-state index in [-0.39, 0.29) is 5.92 Å². The van der Waals surface area contributed by atoms with Gasteiger partial charge in [0.05, 0.1) is 6.54 Å². The summed E-state index contributed by atoms with van der Waals surface area (Å²) in [6.45, 7) is 6.85. The maximum absolute atomic E-state index is 11.6. The summed E-state index contributed by atoms with van der Waals surface area (Å²) >= 11 is 0. The molecule has 0 aliphatic carbocycles. The molecule has 0 N–H and O–H groups in total. The number of ketones is 1. The predicted octanol–water partition coefficient (Wildman–Crippen LogP) is 1.24. The van der Waals surface area contributed by atoms with Gasteiger partial charge in [0.1, 0.15) is 5.78 Å². The van der Waals surface area contributed by atoms with Gasteiger partial charge in [-0.1, -0.05) is 13.8 Å². The van der Waals surface area contributed by atoms with E-state index in [1.165, 1.54) is 19.4 Å². The van der Waals surface area contributed by atoms with Gasteiger partial charge in [-0.2, -0.15) is 0 Å². The molecule has 1 rings (SSSR count). The minimum Gasteiger partial charge on any atom is -0.305 e. The molecule has 0 radical (unpaired) electrons. The Morgan fingerprint density at radius 2 is 2.20 bits per heavy atom. The van der Waals surface area contributed by atoms with Crippen molar-refractivity contribution in [2.75, 3.05) is 33.7 Å². The highest BCUT2D eigenvalue weighted by Crippen LogP contribution is 2.13. The number of hydrogen-bond acceptors (Lipinski definition) is 3. The summed E-state index contributed by atoms with van der Waals surface area (Å²) in [7, 11) is 4.23. The van der Waals surface area contributed by atoms with Crippen LogP contribution in [0.25, 0.3) is 0 Å². The zero-order valence-electron chi connectivity index (χ0n) is 10.5. The normalized spacial score (nSPS) is 23.7. The lowest BCUT2D eigenvalue weighted by Crippen LogP contribution is -2.46. The van der Waals surface area contributed by atoms with Gasteiger partial charge in [0.15, 0.2) is 0 Å². The average molecular weight is 212 g/mol. The van der Waals surface area contributed by atoms with E-state index in [0.29, 0.717) is 18.4 Å². The Morgan fingerprint density at radius 3 is 2.73 bits per heavy atom. The van der Waals surface area contributed by atoms with Crippen molar-refractivity contribution in [2.24, 2.45) is 5.92 Å². The maximum Gasteiger partial charge on any atom is 0.149 e. The van der Waals surface area contributed by atoms with Gasteiger partial charge < -0.3 is 4.90 Å². The average Bonchev–Trinajstić information content (AvgIpc) is 2.17. The van der Waals surface area contributed by atoms with Crippen LogP contribution in [-0.2, 0) is 4.79 Å². The van der Waals surface area contributed by atoms with Crippen molar-refractivity contribution in [3.05, 3.63) is 0 Å². The second kappa shape index (κ2) is 5.61. The van der Waals surface area contributed by atoms with Crippen LogP contribution in [0.15, 0.2) is 0 Å². The first-order valence-corrected chi connectivity index (χ1v) is 5.92. The van der Waals surface area contributed by atoms with Crippen molar-refractivity contribution in [3.63, 3.8) is 0 Å². The van der Waals surface area contributed by atoms with E-state index in [9.17, 15) is 4.79 Å². The Labute approximate surface area is 93.4 Å². The fourth-order valence-electron chi connectivity index (χ4n) is 2.06. The van der Waals surface area contributed by atoms with Gasteiger partial charge in [0, 0.05) is 18.5 Å². The molecule has 15 heavy (non-hydrogen) atoms. The molecule has 0 aromatic carbocycles. The van der Waals surface area contributed by atoms with E-state index < -0.39 is 0 Å². The molecular formula is C12H24N2O. The first-order valence-electron chi connectivity index (χ1n) is 5.92. The molecule has 1 unspecified atom stereocenters. The Balaban J connectivity index is 2.38. The number of nitrogens with zero attached hydrogens (tertiary/aromatic N) is 2. The predicted molar refractivity (Wildman–Crippen MR) is 63.0 cm³/mol. The minimum atomic E-state index is 0.161. The van der Waals surface area contributed by atoms with E-state index in [2.05, 4.69) is 23.9 Å². The lowest BCUT2D eigenvalue weighted by molar-refractivity contribution is -0.123.